The van der Waals surface area contributed by atoms with Gasteiger partial charge in [-0.1, -0.05) is 6.92 Å². The van der Waals surface area contributed by atoms with E-state index in [9.17, 15) is 0 Å². The molecule has 2 rings (SSSR count). The van der Waals surface area contributed by atoms with Gasteiger partial charge in [-0.25, -0.2) is 0 Å². The summed E-state index contributed by atoms with van der Waals surface area (Å²) in [5, 5.41) is 7.86. The van der Waals surface area contributed by atoms with Gasteiger partial charge in [-0.15, -0.1) is 10.2 Å². The molecule has 0 bridgehead atoms. The lowest BCUT2D eigenvalue weighted by Gasteiger charge is -2.07. The average Bonchev–Trinajstić information content (AvgIpc) is 2.86. The topological polar surface area (TPSA) is 74.2 Å². The molecule has 0 radical (unpaired) electrons. The van der Waals surface area contributed by atoms with Crippen molar-refractivity contribution >= 4 is 0 Å². The van der Waals surface area contributed by atoms with Gasteiger partial charge in [0.15, 0.2) is 0 Å². The van der Waals surface area contributed by atoms with Crippen molar-refractivity contribution in [1.82, 2.24) is 10.2 Å². The lowest BCUT2D eigenvalue weighted by atomic mass is 10.2. The molecule has 0 aliphatic carbocycles. The van der Waals surface area contributed by atoms with Gasteiger partial charge in [0, 0.05) is 13.0 Å². The van der Waals surface area contributed by atoms with Crippen LogP contribution in [-0.4, -0.2) is 22.8 Å². The van der Waals surface area contributed by atoms with E-state index < -0.39 is 0 Å². The fourth-order valence-electron chi connectivity index (χ4n) is 1.60. The van der Waals surface area contributed by atoms with Crippen molar-refractivity contribution in [1.29, 1.82) is 0 Å². The van der Waals surface area contributed by atoms with Crippen LogP contribution in [0.5, 0.6) is 0 Å². The molecule has 78 valence electrons. The quantitative estimate of drug-likeness (QED) is 0.776. The van der Waals surface area contributed by atoms with Crippen LogP contribution < -0.4 is 5.73 Å². The van der Waals surface area contributed by atoms with Crippen LogP contribution in [0.15, 0.2) is 4.42 Å². The molecule has 1 aromatic heterocycles. The van der Waals surface area contributed by atoms with Gasteiger partial charge in [0.2, 0.25) is 11.8 Å². The van der Waals surface area contributed by atoms with Crippen molar-refractivity contribution < 1.29 is 9.15 Å². The molecule has 5 heteroatoms. The summed E-state index contributed by atoms with van der Waals surface area (Å²) in [4.78, 5) is 0. The molecular formula is C9H15N3O2. The molecule has 0 aromatic carbocycles. The Morgan fingerprint density at radius 2 is 2.29 bits per heavy atom. The van der Waals surface area contributed by atoms with E-state index in [0.717, 1.165) is 19.3 Å². The molecule has 1 aliphatic heterocycles. The van der Waals surface area contributed by atoms with Crippen molar-refractivity contribution in [2.45, 2.75) is 38.4 Å². The number of aromatic nitrogens is 2. The number of ether oxygens (including phenoxy) is 1. The molecule has 0 spiro atoms. The summed E-state index contributed by atoms with van der Waals surface area (Å²) in [5.41, 5.74) is 5.51. The summed E-state index contributed by atoms with van der Waals surface area (Å²) in [6.07, 6.45) is 2.77. The standard InChI is InChI=1S/C9H15N3O2/c1-2-8-11-12-9(14-8)7-4-3-6(5-10)13-7/h6-7H,2-5,10H2,1H3. The molecule has 2 unspecified atom stereocenters. The van der Waals surface area contributed by atoms with E-state index in [2.05, 4.69) is 10.2 Å². The highest BCUT2D eigenvalue weighted by Gasteiger charge is 2.29. The number of aryl methyl sites for hydroxylation is 1. The van der Waals surface area contributed by atoms with Gasteiger partial charge >= 0.3 is 0 Å². The first-order valence-electron chi connectivity index (χ1n) is 5.01. The Morgan fingerprint density at radius 3 is 2.86 bits per heavy atom. The van der Waals surface area contributed by atoms with Crippen LogP contribution >= 0.6 is 0 Å². The summed E-state index contributed by atoms with van der Waals surface area (Å²) < 4.78 is 11.1. The third-order valence-electron chi connectivity index (χ3n) is 2.43. The number of nitrogens with zero attached hydrogens (tertiary/aromatic N) is 2. The SMILES string of the molecule is CCc1nnc(C2CCC(CN)O2)o1. The lowest BCUT2D eigenvalue weighted by molar-refractivity contribution is 0.0334. The van der Waals surface area contributed by atoms with E-state index in [1.807, 2.05) is 6.92 Å². The Balaban J connectivity index is 2.02. The zero-order valence-electron chi connectivity index (χ0n) is 8.27. The summed E-state index contributed by atoms with van der Waals surface area (Å²) in [7, 11) is 0. The van der Waals surface area contributed by atoms with E-state index in [1.54, 1.807) is 0 Å². The Labute approximate surface area is 82.6 Å². The van der Waals surface area contributed by atoms with Gasteiger partial charge in [0.1, 0.15) is 6.10 Å². The van der Waals surface area contributed by atoms with E-state index in [0.29, 0.717) is 18.3 Å². The largest absolute Gasteiger partial charge is 0.422 e. The van der Waals surface area contributed by atoms with Crippen molar-refractivity contribution in [3.8, 4) is 0 Å². The molecule has 1 fully saturated rings. The zero-order valence-corrected chi connectivity index (χ0v) is 8.27. The number of hydrogen-bond donors (Lipinski definition) is 1. The second-order valence-electron chi connectivity index (χ2n) is 3.45. The Bertz CT molecular complexity index is 300. The minimum absolute atomic E-state index is 0.0450. The first kappa shape index (κ1) is 9.61. The summed E-state index contributed by atoms with van der Waals surface area (Å²) in [6, 6.07) is 0. The lowest BCUT2D eigenvalue weighted by Crippen LogP contribution is -2.18. The average molecular weight is 197 g/mol. The van der Waals surface area contributed by atoms with Crippen molar-refractivity contribution in [3.63, 3.8) is 0 Å². The number of rotatable bonds is 3. The third kappa shape index (κ3) is 1.78. The molecular weight excluding hydrogens is 182 g/mol. The fraction of sp³-hybridized carbons (Fsp3) is 0.778. The Hall–Kier alpha value is -0.940. The molecule has 2 N–H and O–H groups in total. The molecule has 0 amide bonds. The molecule has 1 aliphatic rings. The second-order valence-corrected chi connectivity index (χ2v) is 3.45. The number of nitrogens with two attached hydrogens (primary N) is 1. The van der Waals surface area contributed by atoms with Crippen LogP contribution in [0.2, 0.25) is 0 Å². The highest BCUT2D eigenvalue weighted by atomic mass is 16.5. The van der Waals surface area contributed by atoms with Gasteiger partial charge in [-0.3, -0.25) is 0 Å². The van der Waals surface area contributed by atoms with E-state index in [-0.39, 0.29) is 12.2 Å². The van der Waals surface area contributed by atoms with Crippen LogP contribution in [-0.2, 0) is 11.2 Å². The maximum absolute atomic E-state index is 5.63. The molecule has 14 heavy (non-hydrogen) atoms. The first-order chi connectivity index (χ1) is 6.83. The number of hydrogen-bond acceptors (Lipinski definition) is 5. The molecule has 1 saturated heterocycles. The second kappa shape index (κ2) is 4.06. The van der Waals surface area contributed by atoms with E-state index in [4.69, 9.17) is 14.9 Å². The molecule has 2 atom stereocenters. The third-order valence-corrected chi connectivity index (χ3v) is 2.43. The molecule has 0 saturated carbocycles. The van der Waals surface area contributed by atoms with Gasteiger partial charge in [0.25, 0.3) is 0 Å². The fourth-order valence-corrected chi connectivity index (χ4v) is 1.60. The van der Waals surface area contributed by atoms with Crippen LogP contribution in [0.3, 0.4) is 0 Å². The predicted molar refractivity (Wildman–Crippen MR) is 49.6 cm³/mol. The summed E-state index contributed by atoms with van der Waals surface area (Å²) in [6.45, 7) is 2.54. The van der Waals surface area contributed by atoms with E-state index >= 15 is 0 Å². The van der Waals surface area contributed by atoms with Gasteiger partial charge < -0.3 is 14.9 Å². The summed E-state index contributed by atoms with van der Waals surface area (Å²) in [5.74, 6) is 1.26. The first-order valence-corrected chi connectivity index (χ1v) is 5.01. The van der Waals surface area contributed by atoms with Gasteiger partial charge in [-0.2, -0.15) is 0 Å². The van der Waals surface area contributed by atoms with Crippen molar-refractivity contribution in [2.24, 2.45) is 5.73 Å². The molecule has 5 nitrogen and oxygen atoms in total. The Morgan fingerprint density at radius 1 is 1.43 bits per heavy atom. The highest BCUT2D eigenvalue weighted by molar-refractivity contribution is 4.90. The van der Waals surface area contributed by atoms with Crippen molar-refractivity contribution in [3.05, 3.63) is 11.8 Å². The van der Waals surface area contributed by atoms with Crippen LogP contribution in [0, 0.1) is 0 Å². The minimum Gasteiger partial charge on any atom is -0.422 e. The van der Waals surface area contributed by atoms with Gasteiger partial charge in [0.05, 0.1) is 6.10 Å². The summed E-state index contributed by atoms with van der Waals surface area (Å²) >= 11 is 0. The normalized spacial score (nSPS) is 27.0. The van der Waals surface area contributed by atoms with Crippen molar-refractivity contribution in [2.75, 3.05) is 6.54 Å². The maximum Gasteiger partial charge on any atom is 0.245 e. The minimum atomic E-state index is -0.0450. The smallest absolute Gasteiger partial charge is 0.245 e. The molecule has 1 aromatic rings. The monoisotopic (exact) mass is 197 g/mol. The van der Waals surface area contributed by atoms with Crippen LogP contribution in [0.25, 0.3) is 0 Å². The van der Waals surface area contributed by atoms with E-state index in [1.165, 1.54) is 0 Å². The van der Waals surface area contributed by atoms with Crippen LogP contribution in [0.1, 0.15) is 37.7 Å². The molecule has 2 heterocycles. The highest BCUT2D eigenvalue weighted by Crippen LogP contribution is 2.31. The predicted octanol–water partition coefficient (Wildman–Crippen LogP) is 0.811. The zero-order chi connectivity index (χ0) is 9.97. The Kier molecular flexibility index (Phi) is 2.79. The maximum atomic E-state index is 5.63. The van der Waals surface area contributed by atoms with Crippen LogP contribution in [0.4, 0.5) is 0 Å². The van der Waals surface area contributed by atoms with Gasteiger partial charge in [-0.05, 0) is 12.8 Å².